The maximum absolute atomic E-state index is 5.92. The highest BCUT2D eigenvalue weighted by molar-refractivity contribution is 14.0. The Kier molecular flexibility index (Phi) is 13.3. The van der Waals surface area contributed by atoms with Gasteiger partial charge in [-0.25, -0.2) is 0 Å². The molecule has 1 aliphatic rings. The van der Waals surface area contributed by atoms with E-state index in [1.54, 1.807) is 7.11 Å². The number of ether oxygens (including phenoxy) is 3. The van der Waals surface area contributed by atoms with Crippen molar-refractivity contribution in [1.29, 1.82) is 0 Å². The average Bonchev–Trinajstić information content (AvgIpc) is 2.67. The maximum atomic E-state index is 5.92. The molecule has 1 unspecified atom stereocenters. The topological polar surface area (TPSA) is 67.4 Å². The number of benzene rings is 1. The molecule has 1 fully saturated rings. The molecule has 0 aromatic heterocycles. The quantitative estimate of drug-likeness (QED) is 0.208. The summed E-state index contributed by atoms with van der Waals surface area (Å²) in [5.74, 6) is 2.24. The molecule has 1 saturated heterocycles. The van der Waals surface area contributed by atoms with E-state index in [1.807, 2.05) is 38.1 Å². The van der Waals surface area contributed by atoms with Crippen molar-refractivity contribution in [2.45, 2.75) is 39.9 Å². The summed E-state index contributed by atoms with van der Waals surface area (Å²) in [6, 6.07) is 7.91. The van der Waals surface area contributed by atoms with Crippen molar-refractivity contribution in [3.63, 3.8) is 0 Å². The highest BCUT2D eigenvalue weighted by Gasteiger charge is 2.20. The van der Waals surface area contributed by atoms with Crippen LogP contribution >= 0.6 is 24.0 Å². The summed E-state index contributed by atoms with van der Waals surface area (Å²) < 4.78 is 16.8. The number of hydrogen-bond acceptors (Lipinski definition) is 5. The van der Waals surface area contributed by atoms with Gasteiger partial charge in [-0.2, -0.15) is 0 Å². The van der Waals surface area contributed by atoms with E-state index in [2.05, 4.69) is 29.4 Å². The van der Waals surface area contributed by atoms with Gasteiger partial charge in [0.2, 0.25) is 0 Å². The van der Waals surface area contributed by atoms with Gasteiger partial charge >= 0.3 is 0 Å². The van der Waals surface area contributed by atoms with Crippen LogP contribution in [0.25, 0.3) is 0 Å². The lowest BCUT2D eigenvalue weighted by atomic mass is 10.2. The molecule has 1 heterocycles. The minimum Gasteiger partial charge on any atom is -0.491 e. The predicted molar refractivity (Wildman–Crippen MR) is 134 cm³/mol. The van der Waals surface area contributed by atoms with Crippen LogP contribution in [-0.4, -0.2) is 76.1 Å². The van der Waals surface area contributed by atoms with Gasteiger partial charge in [-0.15, -0.1) is 24.0 Å². The summed E-state index contributed by atoms with van der Waals surface area (Å²) in [4.78, 5) is 7.22. The molecule has 0 aliphatic carbocycles. The SMILES string of the molecule is COCCNC(=NCC1CN(CC(C)C)CCO1)Nc1ccc(OC(C)C)cc1.I. The zero-order valence-electron chi connectivity index (χ0n) is 19.0. The average molecular weight is 534 g/mol. The first-order valence-corrected chi connectivity index (χ1v) is 10.6. The third-order valence-corrected chi connectivity index (χ3v) is 4.39. The van der Waals surface area contributed by atoms with Crippen LogP contribution in [-0.2, 0) is 9.47 Å². The van der Waals surface area contributed by atoms with Crippen LogP contribution in [0, 0.1) is 5.92 Å². The van der Waals surface area contributed by atoms with Crippen molar-refractivity contribution in [2.24, 2.45) is 10.9 Å². The third-order valence-electron chi connectivity index (χ3n) is 4.39. The molecule has 1 atom stereocenters. The minimum absolute atomic E-state index is 0. The summed E-state index contributed by atoms with van der Waals surface area (Å²) in [5, 5.41) is 6.67. The molecule has 0 spiro atoms. The number of halogens is 1. The highest BCUT2D eigenvalue weighted by Crippen LogP contribution is 2.17. The first kappa shape index (κ1) is 26.9. The molecule has 7 nitrogen and oxygen atoms in total. The third kappa shape index (κ3) is 10.8. The zero-order valence-corrected chi connectivity index (χ0v) is 21.3. The fraction of sp³-hybridized carbons (Fsp3) is 0.682. The van der Waals surface area contributed by atoms with Crippen LogP contribution < -0.4 is 15.4 Å². The van der Waals surface area contributed by atoms with Crippen LogP contribution in [0.2, 0.25) is 0 Å². The number of nitrogens with zero attached hydrogens (tertiary/aromatic N) is 2. The summed E-state index contributed by atoms with van der Waals surface area (Å²) in [6.07, 6.45) is 0.276. The van der Waals surface area contributed by atoms with E-state index in [1.165, 1.54) is 0 Å². The zero-order chi connectivity index (χ0) is 21.1. The van der Waals surface area contributed by atoms with Crippen molar-refractivity contribution in [3.05, 3.63) is 24.3 Å². The second kappa shape index (κ2) is 14.8. The van der Waals surface area contributed by atoms with E-state index in [4.69, 9.17) is 19.2 Å². The Morgan fingerprint density at radius 2 is 1.97 bits per heavy atom. The Bertz CT molecular complexity index is 611. The fourth-order valence-corrected chi connectivity index (χ4v) is 3.20. The highest BCUT2D eigenvalue weighted by atomic mass is 127. The standard InChI is InChI=1S/C22H38N4O3.HI/c1-17(2)15-26-11-13-28-21(16-26)14-24-22(23-10-12-27-5)25-19-6-8-20(9-7-19)29-18(3)4;/h6-9,17-18,21H,10-16H2,1-5H3,(H2,23,24,25);1H. The molecule has 1 aliphatic heterocycles. The first-order chi connectivity index (χ1) is 14.0. The lowest BCUT2D eigenvalue weighted by molar-refractivity contribution is -0.0261. The van der Waals surface area contributed by atoms with E-state index >= 15 is 0 Å². The van der Waals surface area contributed by atoms with Gasteiger partial charge in [0.1, 0.15) is 5.75 Å². The Hall–Kier alpha value is -1.10. The number of nitrogens with one attached hydrogen (secondary N) is 2. The second-order valence-corrected chi connectivity index (χ2v) is 8.07. The van der Waals surface area contributed by atoms with Crippen LogP contribution in [0.4, 0.5) is 5.69 Å². The molecular weight excluding hydrogens is 495 g/mol. The molecule has 0 radical (unpaired) electrons. The van der Waals surface area contributed by atoms with Crippen LogP contribution in [0.5, 0.6) is 5.75 Å². The number of methoxy groups -OCH3 is 1. The number of rotatable bonds is 10. The number of hydrogen-bond donors (Lipinski definition) is 2. The lowest BCUT2D eigenvalue weighted by Crippen LogP contribution is -2.45. The Morgan fingerprint density at radius 1 is 1.23 bits per heavy atom. The van der Waals surface area contributed by atoms with Gasteiger partial charge in [-0.3, -0.25) is 9.89 Å². The maximum Gasteiger partial charge on any atom is 0.195 e. The lowest BCUT2D eigenvalue weighted by Gasteiger charge is -2.33. The van der Waals surface area contributed by atoms with E-state index in [0.29, 0.717) is 25.6 Å². The number of anilines is 1. The van der Waals surface area contributed by atoms with E-state index < -0.39 is 0 Å². The molecule has 1 aromatic carbocycles. The van der Waals surface area contributed by atoms with Crippen LogP contribution in [0.3, 0.4) is 0 Å². The van der Waals surface area contributed by atoms with Gasteiger partial charge in [0, 0.05) is 39.0 Å². The van der Waals surface area contributed by atoms with Crippen molar-refractivity contribution in [3.8, 4) is 5.75 Å². The van der Waals surface area contributed by atoms with Gasteiger partial charge in [-0.05, 0) is 44.0 Å². The van der Waals surface area contributed by atoms with Crippen molar-refractivity contribution in [1.82, 2.24) is 10.2 Å². The Morgan fingerprint density at radius 3 is 2.60 bits per heavy atom. The molecule has 2 N–H and O–H groups in total. The largest absolute Gasteiger partial charge is 0.491 e. The molecule has 0 amide bonds. The van der Waals surface area contributed by atoms with E-state index in [-0.39, 0.29) is 36.2 Å². The molecule has 8 heteroatoms. The summed E-state index contributed by atoms with van der Waals surface area (Å²) >= 11 is 0. The Labute approximate surface area is 199 Å². The second-order valence-electron chi connectivity index (χ2n) is 8.07. The fourth-order valence-electron chi connectivity index (χ4n) is 3.20. The van der Waals surface area contributed by atoms with Gasteiger partial charge in [0.05, 0.1) is 32.0 Å². The van der Waals surface area contributed by atoms with Crippen LogP contribution in [0.1, 0.15) is 27.7 Å². The Balaban J connectivity index is 0.00000450. The molecule has 0 saturated carbocycles. The van der Waals surface area contributed by atoms with Crippen LogP contribution in [0.15, 0.2) is 29.3 Å². The molecule has 2 rings (SSSR count). The summed E-state index contributed by atoms with van der Waals surface area (Å²) in [6.45, 7) is 14.3. The van der Waals surface area contributed by atoms with Crippen molar-refractivity contribution >= 4 is 35.6 Å². The number of morpholine rings is 1. The van der Waals surface area contributed by atoms with Gasteiger partial charge in [0.15, 0.2) is 5.96 Å². The first-order valence-electron chi connectivity index (χ1n) is 10.6. The summed E-state index contributed by atoms with van der Waals surface area (Å²) in [5.41, 5.74) is 0.954. The molecule has 0 bridgehead atoms. The molecule has 1 aromatic rings. The molecular formula is C22H39IN4O3. The van der Waals surface area contributed by atoms with Crippen molar-refractivity contribution < 1.29 is 14.2 Å². The number of aliphatic imine (C=N–C) groups is 1. The van der Waals surface area contributed by atoms with Gasteiger partial charge in [-0.1, -0.05) is 13.8 Å². The number of guanidine groups is 1. The van der Waals surface area contributed by atoms with E-state index in [9.17, 15) is 0 Å². The molecule has 30 heavy (non-hydrogen) atoms. The smallest absolute Gasteiger partial charge is 0.195 e. The molecule has 172 valence electrons. The predicted octanol–water partition coefficient (Wildman–Crippen LogP) is 3.45. The monoisotopic (exact) mass is 534 g/mol. The van der Waals surface area contributed by atoms with Gasteiger partial charge < -0.3 is 24.8 Å². The van der Waals surface area contributed by atoms with Crippen molar-refractivity contribution in [2.75, 3.05) is 58.4 Å². The van der Waals surface area contributed by atoms with E-state index in [0.717, 1.165) is 43.6 Å². The van der Waals surface area contributed by atoms with Gasteiger partial charge in [0.25, 0.3) is 0 Å². The minimum atomic E-state index is 0. The normalized spacial score (nSPS) is 17.7. The summed E-state index contributed by atoms with van der Waals surface area (Å²) in [7, 11) is 1.69.